The van der Waals surface area contributed by atoms with E-state index in [0.717, 1.165) is 37.7 Å². The van der Waals surface area contributed by atoms with Crippen LogP contribution in [0.25, 0.3) is 0 Å². The van der Waals surface area contributed by atoms with Crippen molar-refractivity contribution < 1.29 is 4.74 Å². The maximum absolute atomic E-state index is 5.75. The van der Waals surface area contributed by atoms with E-state index in [1.54, 1.807) is 12.4 Å². The molecule has 1 aliphatic heterocycles. The third-order valence-corrected chi connectivity index (χ3v) is 3.26. The van der Waals surface area contributed by atoms with Crippen LogP contribution in [0.4, 0.5) is 5.82 Å². The van der Waals surface area contributed by atoms with Crippen LogP contribution in [0.5, 0.6) is 0 Å². The highest BCUT2D eigenvalue weighted by Gasteiger charge is 2.16. The topological polar surface area (TPSA) is 38.2 Å². The summed E-state index contributed by atoms with van der Waals surface area (Å²) in [7, 11) is 2.04. The predicted molar refractivity (Wildman–Crippen MR) is 68.4 cm³/mol. The Balaban J connectivity index is 1.95. The molecule has 1 aromatic rings. The standard InChI is InChI=1S/C12H18ClN3O/c1-16(8-10-3-2-4-17-9-10)12-7-14-6-11(5-13)15-12/h6-7,10H,2-5,8-9H2,1H3. The molecule has 2 rings (SSSR count). The summed E-state index contributed by atoms with van der Waals surface area (Å²) in [6.07, 6.45) is 5.87. The van der Waals surface area contributed by atoms with E-state index in [2.05, 4.69) is 14.9 Å². The van der Waals surface area contributed by atoms with Gasteiger partial charge in [-0.25, -0.2) is 4.98 Å². The monoisotopic (exact) mass is 255 g/mol. The number of nitrogens with zero attached hydrogens (tertiary/aromatic N) is 3. The number of aromatic nitrogens is 2. The quantitative estimate of drug-likeness (QED) is 0.772. The number of hydrogen-bond donors (Lipinski definition) is 0. The summed E-state index contributed by atoms with van der Waals surface area (Å²) in [4.78, 5) is 10.7. The molecule has 0 N–H and O–H groups in total. The Hall–Kier alpha value is -0.870. The summed E-state index contributed by atoms with van der Waals surface area (Å²) in [6, 6.07) is 0. The molecule has 0 aromatic carbocycles. The van der Waals surface area contributed by atoms with Crippen LogP contribution in [-0.4, -0.2) is 36.8 Å². The van der Waals surface area contributed by atoms with Gasteiger partial charge in [-0.05, 0) is 18.8 Å². The Morgan fingerprint density at radius 1 is 1.53 bits per heavy atom. The van der Waals surface area contributed by atoms with E-state index in [0.29, 0.717) is 11.8 Å². The molecule has 94 valence electrons. The molecular weight excluding hydrogens is 238 g/mol. The summed E-state index contributed by atoms with van der Waals surface area (Å²) in [5.74, 6) is 1.88. The van der Waals surface area contributed by atoms with Crippen LogP contribution in [0, 0.1) is 5.92 Å². The Morgan fingerprint density at radius 2 is 2.41 bits per heavy atom. The van der Waals surface area contributed by atoms with Crippen LogP contribution in [0.2, 0.25) is 0 Å². The maximum Gasteiger partial charge on any atom is 0.147 e. The number of alkyl halides is 1. The molecular formula is C12H18ClN3O. The largest absolute Gasteiger partial charge is 0.381 e. The van der Waals surface area contributed by atoms with Crippen LogP contribution >= 0.6 is 11.6 Å². The second kappa shape index (κ2) is 6.17. The summed E-state index contributed by atoms with van der Waals surface area (Å²) in [5.41, 5.74) is 0.816. The van der Waals surface area contributed by atoms with E-state index in [1.165, 1.54) is 6.42 Å². The van der Waals surface area contributed by atoms with Crippen LogP contribution in [0.1, 0.15) is 18.5 Å². The molecule has 0 spiro atoms. The first-order chi connectivity index (χ1) is 8.29. The van der Waals surface area contributed by atoms with Crippen molar-refractivity contribution in [1.82, 2.24) is 9.97 Å². The fourth-order valence-corrected chi connectivity index (χ4v) is 2.20. The van der Waals surface area contributed by atoms with Gasteiger partial charge in [0.15, 0.2) is 0 Å². The molecule has 0 radical (unpaired) electrons. The third kappa shape index (κ3) is 3.54. The average Bonchev–Trinajstić information content (AvgIpc) is 2.40. The van der Waals surface area contributed by atoms with Crippen molar-refractivity contribution >= 4 is 17.4 Å². The van der Waals surface area contributed by atoms with Crippen molar-refractivity contribution in [3.63, 3.8) is 0 Å². The molecule has 5 heteroatoms. The van der Waals surface area contributed by atoms with Gasteiger partial charge in [-0.2, -0.15) is 0 Å². The van der Waals surface area contributed by atoms with Gasteiger partial charge in [-0.15, -0.1) is 11.6 Å². The summed E-state index contributed by atoms with van der Waals surface area (Å²) in [6.45, 7) is 2.72. The third-order valence-electron chi connectivity index (χ3n) is 2.99. The summed E-state index contributed by atoms with van der Waals surface area (Å²) in [5, 5.41) is 0. The van der Waals surface area contributed by atoms with Gasteiger partial charge >= 0.3 is 0 Å². The van der Waals surface area contributed by atoms with Gasteiger partial charge in [0.1, 0.15) is 5.82 Å². The number of ether oxygens (including phenoxy) is 1. The molecule has 1 aliphatic rings. The molecule has 2 heterocycles. The molecule has 0 bridgehead atoms. The van der Waals surface area contributed by atoms with E-state index in [1.807, 2.05) is 7.05 Å². The first kappa shape index (κ1) is 12.6. The second-order valence-electron chi connectivity index (χ2n) is 4.47. The van der Waals surface area contributed by atoms with Gasteiger partial charge in [0.2, 0.25) is 0 Å². The van der Waals surface area contributed by atoms with Gasteiger partial charge in [0.05, 0.1) is 24.4 Å². The smallest absolute Gasteiger partial charge is 0.147 e. The average molecular weight is 256 g/mol. The van der Waals surface area contributed by atoms with Gasteiger partial charge in [-0.1, -0.05) is 0 Å². The Bertz CT molecular complexity index is 355. The lowest BCUT2D eigenvalue weighted by Gasteiger charge is -2.27. The zero-order chi connectivity index (χ0) is 12.1. The fraction of sp³-hybridized carbons (Fsp3) is 0.667. The Kier molecular flexibility index (Phi) is 4.57. The summed E-state index contributed by atoms with van der Waals surface area (Å²) >= 11 is 5.75. The van der Waals surface area contributed by atoms with Crippen LogP contribution in [-0.2, 0) is 10.6 Å². The van der Waals surface area contributed by atoms with Gasteiger partial charge < -0.3 is 9.64 Å². The highest BCUT2D eigenvalue weighted by Crippen LogP contribution is 2.17. The van der Waals surface area contributed by atoms with E-state index in [9.17, 15) is 0 Å². The molecule has 4 nitrogen and oxygen atoms in total. The molecule has 0 amide bonds. The minimum atomic E-state index is 0.404. The number of rotatable bonds is 4. The molecule has 1 atom stereocenters. The van der Waals surface area contributed by atoms with Gasteiger partial charge in [0, 0.05) is 26.4 Å². The SMILES string of the molecule is CN(CC1CCCOC1)c1cncc(CCl)n1. The first-order valence-corrected chi connectivity index (χ1v) is 6.49. The zero-order valence-corrected chi connectivity index (χ0v) is 10.9. The molecule has 1 aromatic heterocycles. The first-order valence-electron chi connectivity index (χ1n) is 5.95. The van der Waals surface area contributed by atoms with E-state index < -0.39 is 0 Å². The normalized spacial score (nSPS) is 20.2. The van der Waals surface area contributed by atoms with Crippen molar-refractivity contribution in [1.29, 1.82) is 0 Å². The lowest BCUT2D eigenvalue weighted by atomic mass is 10.0. The highest BCUT2D eigenvalue weighted by molar-refractivity contribution is 6.16. The maximum atomic E-state index is 5.75. The highest BCUT2D eigenvalue weighted by atomic mass is 35.5. The molecule has 0 aliphatic carbocycles. The van der Waals surface area contributed by atoms with Gasteiger partial charge in [-0.3, -0.25) is 4.98 Å². The van der Waals surface area contributed by atoms with Crippen molar-refractivity contribution in [2.75, 3.05) is 31.7 Å². The lowest BCUT2D eigenvalue weighted by molar-refractivity contribution is 0.0576. The predicted octanol–water partition coefficient (Wildman–Crippen LogP) is 2.08. The van der Waals surface area contributed by atoms with Crippen molar-refractivity contribution in [3.8, 4) is 0 Å². The van der Waals surface area contributed by atoms with Crippen molar-refractivity contribution in [2.45, 2.75) is 18.7 Å². The minimum Gasteiger partial charge on any atom is -0.381 e. The number of halogens is 1. The Labute approximate surface area is 107 Å². The lowest BCUT2D eigenvalue weighted by Crippen LogP contribution is -2.31. The van der Waals surface area contributed by atoms with Gasteiger partial charge in [0.25, 0.3) is 0 Å². The Morgan fingerprint density at radius 3 is 3.12 bits per heavy atom. The van der Waals surface area contributed by atoms with Crippen LogP contribution < -0.4 is 4.90 Å². The number of hydrogen-bond acceptors (Lipinski definition) is 4. The fourth-order valence-electron chi connectivity index (χ4n) is 2.08. The molecule has 17 heavy (non-hydrogen) atoms. The van der Waals surface area contributed by atoms with Crippen molar-refractivity contribution in [3.05, 3.63) is 18.1 Å². The molecule has 1 unspecified atom stereocenters. The van der Waals surface area contributed by atoms with Crippen LogP contribution in [0.3, 0.4) is 0 Å². The molecule has 0 saturated carbocycles. The van der Waals surface area contributed by atoms with E-state index in [4.69, 9.17) is 16.3 Å². The molecule has 1 fully saturated rings. The molecule has 1 saturated heterocycles. The van der Waals surface area contributed by atoms with Crippen LogP contribution in [0.15, 0.2) is 12.4 Å². The number of anilines is 1. The summed E-state index contributed by atoms with van der Waals surface area (Å²) < 4.78 is 5.48. The minimum absolute atomic E-state index is 0.404. The van der Waals surface area contributed by atoms with Crippen molar-refractivity contribution in [2.24, 2.45) is 5.92 Å². The second-order valence-corrected chi connectivity index (χ2v) is 4.73. The van der Waals surface area contributed by atoms with E-state index in [-0.39, 0.29) is 0 Å². The zero-order valence-electron chi connectivity index (χ0n) is 10.1. The van der Waals surface area contributed by atoms with E-state index >= 15 is 0 Å².